The van der Waals surface area contributed by atoms with E-state index in [0.717, 1.165) is 36.6 Å². The van der Waals surface area contributed by atoms with Crippen molar-refractivity contribution in [3.63, 3.8) is 0 Å². The van der Waals surface area contributed by atoms with Crippen LogP contribution in [0.4, 0.5) is 10.2 Å². The number of nitrogens with zero attached hydrogens (tertiary/aromatic N) is 3. The quantitative estimate of drug-likeness (QED) is 0.664. The van der Waals surface area contributed by atoms with Crippen LogP contribution >= 0.6 is 11.6 Å². The Morgan fingerprint density at radius 3 is 2.92 bits per heavy atom. The van der Waals surface area contributed by atoms with Crippen molar-refractivity contribution in [2.45, 2.75) is 37.8 Å². The van der Waals surface area contributed by atoms with Gasteiger partial charge in [-0.25, -0.2) is 19.3 Å². The summed E-state index contributed by atoms with van der Waals surface area (Å²) in [5.74, 6) is 0.0952. The molecule has 0 aromatic carbocycles. The van der Waals surface area contributed by atoms with Crippen LogP contribution in [0.2, 0.25) is 5.02 Å². The molecule has 2 atom stereocenters. The van der Waals surface area contributed by atoms with Gasteiger partial charge in [0, 0.05) is 35.4 Å². The first-order chi connectivity index (χ1) is 12.1. The number of aromatic amines is 1. The molecule has 130 valence electrons. The molecule has 0 saturated heterocycles. The second-order valence-corrected chi connectivity index (χ2v) is 6.78. The first-order valence-electron chi connectivity index (χ1n) is 8.29. The van der Waals surface area contributed by atoms with Gasteiger partial charge in [-0.3, -0.25) is 0 Å². The van der Waals surface area contributed by atoms with E-state index in [1.165, 1.54) is 6.20 Å². The van der Waals surface area contributed by atoms with Crippen LogP contribution in [0.15, 0.2) is 24.7 Å². The van der Waals surface area contributed by atoms with Crippen molar-refractivity contribution in [2.75, 3.05) is 5.32 Å². The van der Waals surface area contributed by atoms with E-state index in [4.69, 9.17) is 17.3 Å². The van der Waals surface area contributed by atoms with Gasteiger partial charge in [-0.1, -0.05) is 24.4 Å². The molecule has 0 bridgehead atoms. The molecule has 6 nitrogen and oxygen atoms in total. The smallest absolute Gasteiger partial charge is 0.183 e. The van der Waals surface area contributed by atoms with Crippen LogP contribution in [0, 0.1) is 5.82 Å². The Morgan fingerprint density at radius 2 is 2.08 bits per heavy atom. The molecule has 0 unspecified atom stereocenters. The van der Waals surface area contributed by atoms with Gasteiger partial charge in [-0.15, -0.1) is 0 Å². The minimum atomic E-state index is -0.488. The monoisotopic (exact) mass is 360 g/mol. The van der Waals surface area contributed by atoms with Crippen molar-refractivity contribution in [3.8, 4) is 11.4 Å². The zero-order chi connectivity index (χ0) is 17.4. The van der Waals surface area contributed by atoms with Gasteiger partial charge in [0.05, 0.1) is 11.2 Å². The van der Waals surface area contributed by atoms with E-state index in [2.05, 4.69) is 25.3 Å². The number of anilines is 1. The Morgan fingerprint density at radius 1 is 1.24 bits per heavy atom. The van der Waals surface area contributed by atoms with Crippen LogP contribution in [0.5, 0.6) is 0 Å². The summed E-state index contributed by atoms with van der Waals surface area (Å²) in [5.41, 5.74) is 7.54. The van der Waals surface area contributed by atoms with Gasteiger partial charge in [0.15, 0.2) is 17.5 Å². The molecule has 0 aliphatic heterocycles. The molecule has 3 heterocycles. The number of nitrogens with one attached hydrogen (secondary N) is 2. The molecular formula is C17H18ClFN6. The van der Waals surface area contributed by atoms with Gasteiger partial charge < -0.3 is 16.0 Å². The lowest BCUT2D eigenvalue weighted by Crippen LogP contribution is -2.43. The highest BCUT2D eigenvalue weighted by atomic mass is 35.5. The maximum absolute atomic E-state index is 14.2. The van der Waals surface area contributed by atoms with Gasteiger partial charge in [-0.2, -0.15) is 0 Å². The number of aromatic nitrogens is 4. The number of pyridine rings is 1. The van der Waals surface area contributed by atoms with Crippen molar-refractivity contribution < 1.29 is 4.39 Å². The third-order valence-electron chi connectivity index (χ3n) is 4.62. The van der Waals surface area contributed by atoms with Crippen LogP contribution in [0.3, 0.4) is 0 Å². The Bertz CT molecular complexity index is 911. The Labute approximate surface area is 149 Å². The second kappa shape index (κ2) is 6.57. The fourth-order valence-electron chi connectivity index (χ4n) is 3.28. The molecule has 4 rings (SSSR count). The lowest BCUT2D eigenvalue weighted by molar-refractivity contribution is 0.402. The minimum absolute atomic E-state index is 0.00246. The lowest BCUT2D eigenvalue weighted by atomic mass is 9.91. The maximum atomic E-state index is 14.2. The molecule has 1 saturated carbocycles. The fraction of sp³-hybridized carbons (Fsp3) is 0.353. The average molecular weight is 361 g/mol. The van der Waals surface area contributed by atoms with E-state index in [-0.39, 0.29) is 17.9 Å². The Kier molecular flexibility index (Phi) is 4.27. The maximum Gasteiger partial charge on any atom is 0.183 e. The van der Waals surface area contributed by atoms with Gasteiger partial charge in [0.2, 0.25) is 0 Å². The number of H-pyrrole nitrogens is 1. The van der Waals surface area contributed by atoms with E-state index in [0.29, 0.717) is 16.5 Å². The van der Waals surface area contributed by atoms with Crippen molar-refractivity contribution in [2.24, 2.45) is 5.73 Å². The molecule has 3 aromatic rings. The summed E-state index contributed by atoms with van der Waals surface area (Å²) in [7, 11) is 0. The third kappa shape index (κ3) is 3.17. The summed E-state index contributed by atoms with van der Waals surface area (Å²) in [5, 5.41) is 4.46. The van der Waals surface area contributed by atoms with Crippen molar-refractivity contribution in [3.05, 3.63) is 35.5 Å². The van der Waals surface area contributed by atoms with E-state index in [1.54, 1.807) is 18.5 Å². The van der Waals surface area contributed by atoms with Crippen molar-refractivity contribution in [1.29, 1.82) is 0 Å². The normalized spacial score (nSPS) is 20.8. The molecule has 0 amide bonds. The summed E-state index contributed by atoms with van der Waals surface area (Å²) < 4.78 is 14.2. The third-order valence-corrected chi connectivity index (χ3v) is 4.83. The standard InChI is InChI=1S/C17H18ClFN6/c18-9-5-10-11(7-22-15(10)21-6-9)16-23-8-12(19)17(25-16)24-14-4-2-1-3-13(14)20/h5-8,13-14H,1-4,20H2,(H,21,22)(H,23,24,25)/t13-,14-/m0/s1. The molecule has 0 spiro atoms. The summed E-state index contributed by atoms with van der Waals surface area (Å²) in [4.78, 5) is 15.8. The number of hydrogen-bond donors (Lipinski definition) is 3. The highest BCUT2D eigenvalue weighted by Crippen LogP contribution is 2.29. The summed E-state index contributed by atoms with van der Waals surface area (Å²) >= 11 is 6.03. The molecular weight excluding hydrogens is 343 g/mol. The first-order valence-corrected chi connectivity index (χ1v) is 8.67. The highest BCUT2D eigenvalue weighted by Gasteiger charge is 2.23. The van der Waals surface area contributed by atoms with Crippen LogP contribution in [-0.4, -0.2) is 32.0 Å². The Balaban J connectivity index is 1.70. The van der Waals surface area contributed by atoms with Gasteiger partial charge in [-0.05, 0) is 18.9 Å². The molecule has 1 aliphatic rings. The zero-order valence-electron chi connectivity index (χ0n) is 13.5. The predicted molar refractivity (Wildman–Crippen MR) is 95.9 cm³/mol. The zero-order valence-corrected chi connectivity index (χ0v) is 14.2. The SMILES string of the molecule is N[C@H]1CCCC[C@@H]1Nc1nc(-c2c[nH]c3ncc(Cl)cc23)ncc1F. The number of rotatable bonds is 3. The van der Waals surface area contributed by atoms with Crippen LogP contribution < -0.4 is 11.1 Å². The Hall–Kier alpha value is -2.25. The number of fused-ring (bicyclic) bond motifs is 1. The van der Waals surface area contributed by atoms with E-state index < -0.39 is 5.82 Å². The summed E-state index contributed by atoms with van der Waals surface area (Å²) in [6.07, 6.45) is 8.52. The molecule has 0 radical (unpaired) electrons. The number of nitrogens with two attached hydrogens (primary N) is 1. The summed E-state index contributed by atoms with van der Waals surface area (Å²) in [6, 6.07) is 1.81. The van der Waals surface area contributed by atoms with Crippen LogP contribution in [-0.2, 0) is 0 Å². The molecule has 1 fully saturated rings. The van der Waals surface area contributed by atoms with E-state index in [1.807, 2.05) is 0 Å². The van der Waals surface area contributed by atoms with Gasteiger partial charge >= 0.3 is 0 Å². The molecule has 4 N–H and O–H groups in total. The molecule has 8 heteroatoms. The number of halogens is 2. The number of hydrogen-bond acceptors (Lipinski definition) is 5. The first kappa shape index (κ1) is 16.2. The largest absolute Gasteiger partial charge is 0.363 e. The topological polar surface area (TPSA) is 92.5 Å². The minimum Gasteiger partial charge on any atom is -0.363 e. The van der Waals surface area contributed by atoms with Crippen LogP contribution in [0.25, 0.3) is 22.4 Å². The van der Waals surface area contributed by atoms with Gasteiger partial charge in [0.25, 0.3) is 0 Å². The average Bonchev–Trinajstić information content (AvgIpc) is 3.02. The summed E-state index contributed by atoms with van der Waals surface area (Å²) in [6.45, 7) is 0. The fourth-order valence-corrected chi connectivity index (χ4v) is 3.43. The van der Waals surface area contributed by atoms with Crippen LogP contribution in [0.1, 0.15) is 25.7 Å². The van der Waals surface area contributed by atoms with E-state index >= 15 is 0 Å². The lowest BCUT2D eigenvalue weighted by Gasteiger charge is -2.29. The highest BCUT2D eigenvalue weighted by molar-refractivity contribution is 6.31. The van der Waals surface area contributed by atoms with Gasteiger partial charge in [0.1, 0.15) is 5.65 Å². The molecule has 25 heavy (non-hydrogen) atoms. The second-order valence-electron chi connectivity index (χ2n) is 6.34. The van der Waals surface area contributed by atoms with Crippen molar-refractivity contribution in [1.82, 2.24) is 19.9 Å². The van der Waals surface area contributed by atoms with Crippen molar-refractivity contribution >= 4 is 28.5 Å². The predicted octanol–water partition coefficient (Wildman–Crippen LogP) is 3.49. The van der Waals surface area contributed by atoms with E-state index in [9.17, 15) is 4.39 Å². The molecule has 1 aliphatic carbocycles. The molecule has 3 aromatic heterocycles.